The number of halogens is 1. The van der Waals surface area contributed by atoms with E-state index >= 15 is 0 Å². The third-order valence-corrected chi connectivity index (χ3v) is 4.42. The van der Waals surface area contributed by atoms with Crippen LogP contribution < -0.4 is 5.32 Å². The predicted molar refractivity (Wildman–Crippen MR) is 78.5 cm³/mol. The molecule has 0 saturated carbocycles. The quantitative estimate of drug-likeness (QED) is 0.661. The van der Waals surface area contributed by atoms with Crippen LogP contribution in [0.4, 0.5) is 0 Å². The summed E-state index contributed by atoms with van der Waals surface area (Å²) in [5.74, 6) is 0.764. The van der Waals surface area contributed by atoms with Gasteiger partial charge in [-0.1, -0.05) is 60.7 Å². The van der Waals surface area contributed by atoms with Crippen molar-refractivity contribution < 1.29 is 4.79 Å². The van der Waals surface area contributed by atoms with E-state index in [4.69, 9.17) is 0 Å². The fourth-order valence-electron chi connectivity index (χ4n) is 2.16. The molecule has 92 valence electrons. The lowest BCUT2D eigenvalue weighted by molar-refractivity contribution is -0.123. The van der Waals surface area contributed by atoms with Gasteiger partial charge in [-0.05, 0) is 23.5 Å². The number of carbonyl (C=O) groups is 1. The zero-order valence-electron chi connectivity index (χ0n) is 10.2. The first-order chi connectivity index (χ1) is 8.13. The number of hydrogen-bond acceptors (Lipinski definition) is 1. The van der Waals surface area contributed by atoms with Crippen molar-refractivity contribution >= 4 is 28.5 Å². The van der Waals surface area contributed by atoms with Crippen LogP contribution in [0.2, 0.25) is 0 Å². The van der Waals surface area contributed by atoms with Crippen molar-refractivity contribution in [2.45, 2.75) is 32.2 Å². The lowest BCUT2D eigenvalue weighted by Crippen LogP contribution is -2.44. The molecule has 0 aliphatic heterocycles. The number of rotatable bonds is 4. The Bertz CT molecular complexity index is 416. The minimum absolute atomic E-state index is 0.0791. The molecule has 1 N–H and O–H groups in total. The summed E-state index contributed by atoms with van der Waals surface area (Å²) in [5, 5.41) is 3.16. The maximum absolute atomic E-state index is 12.1. The van der Waals surface area contributed by atoms with Gasteiger partial charge in [0.05, 0.1) is 5.92 Å². The average molecular weight is 343 g/mol. The normalized spacial score (nSPS) is 19.4. The molecular weight excluding hydrogens is 325 g/mol. The van der Waals surface area contributed by atoms with E-state index in [-0.39, 0.29) is 17.9 Å². The summed E-state index contributed by atoms with van der Waals surface area (Å²) < 4.78 is 0.968. The molecular formula is C14H18INO. The molecule has 1 aliphatic rings. The Balaban J connectivity index is 2.00. The van der Waals surface area contributed by atoms with Crippen LogP contribution in [0, 0.1) is 5.92 Å². The van der Waals surface area contributed by atoms with Gasteiger partial charge in [0.1, 0.15) is 0 Å². The molecule has 1 aromatic rings. The smallest absolute Gasteiger partial charge is 0.228 e. The average Bonchev–Trinajstić information content (AvgIpc) is 2.27. The molecule has 0 radical (unpaired) electrons. The van der Waals surface area contributed by atoms with E-state index in [1.54, 1.807) is 0 Å². The lowest BCUT2D eigenvalue weighted by atomic mass is 9.77. The van der Waals surface area contributed by atoms with Crippen LogP contribution >= 0.6 is 22.6 Å². The summed E-state index contributed by atoms with van der Waals surface area (Å²) >= 11 is 2.34. The van der Waals surface area contributed by atoms with E-state index in [1.807, 2.05) is 12.1 Å². The summed E-state index contributed by atoms with van der Waals surface area (Å²) in [7, 11) is 0. The molecule has 2 unspecified atom stereocenters. The Labute approximate surface area is 116 Å². The monoisotopic (exact) mass is 343 g/mol. The molecule has 2 rings (SSSR count). The van der Waals surface area contributed by atoms with Crippen molar-refractivity contribution in [3.8, 4) is 0 Å². The zero-order chi connectivity index (χ0) is 12.4. The van der Waals surface area contributed by atoms with Crippen LogP contribution in [0.15, 0.2) is 24.3 Å². The Kier molecular flexibility index (Phi) is 4.07. The predicted octanol–water partition coefficient (Wildman–Crippen LogP) is 2.90. The van der Waals surface area contributed by atoms with Crippen molar-refractivity contribution in [2.24, 2.45) is 5.92 Å². The summed E-state index contributed by atoms with van der Waals surface area (Å²) in [6.07, 6.45) is 0.897. The summed E-state index contributed by atoms with van der Waals surface area (Å²) in [6.45, 7) is 4.30. The Hall–Kier alpha value is -0.580. The van der Waals surface area contributed by atoms with Crippen molar-refractivity contribution in [1.29, 1.82) is 0 Å². The van der Waals surface area contributed by atoms with Crippen molar-refractivity contribution in [2.75, 3.05) is 4.43 Å². The fraction of sp³-hybridized carbons (Fsp3) is 0.500. The Morgan fingerprint density at radius 2 is 2.18 bits per heavy atom. The number of carbonyl (C=O) groups excluding carboxylic acids is 1. The highest BCUT2D eigenvalue weighted by Crippen LogP contribution is 2.34. The number of amides is 1. The SMILES string of the molecule is CC(C)C(CI)NC(=O)C1Cc2ccccc21. The Morgan fingerprint density at radius 1 is 1.47 bits per heavy atom. The first-order valence-electron chi connectivity index (χ1n) is 6.07. The standard InChI is InChI=1S/C14H18INO/c1-9(2)13(8-15)16-14(17)12-7-10-5-3-4-6-11(10)12/h3-6,9,12-13H,7-8H2,1-2H3,(H,16,17). The number of benzene rings is 1. The molecule has 0 spiro atoms. The largest absolute Gasteiger partial charge is 0.352 e. The molecule has 1 aliphatic carbocycles. The van der Waals surface area contributed by atoms with Crippen molar-refractivity contribution in [3.05, 3.63) is 35.4 Å². The minimum Gasteiger partial charge on any atom is -0.352 e. The van der Waals surface area contributed by atoms with Crippen LogP contribution in [0.5, 0.6) is 0 Å². The van der Waals surface area contributed by atoms with Gasteiger partial charge in [0.2, 0.25) is 5.91 Å². The van der Waals surface area contributed by atoms with Gasteiger partial charge in [-0.3, -0.25) is 4.79 Å². The van der Waals surface area contributed by atoms with E-state index in [9.17, 15) is 4.79 Å². The van der Waals surface area contributed by atoms with Gasteiger partial charge in [0.25, 0.3) is 0 Å². The lowest BCUT2D eigenvalue weighted by Gasteiger charge is -2.31. The third-order valence-electron chi connectivity index (χ3n) is 3.47. The summed E-state index contributed by atoms with van der Waals surface area (Å²) in [4.78, 5) is 12.1. The van der Waals surface area contributed by atoms with Gasteiger partial charge in [-0.2, -0.15) is 0 Å². The maximum atomic E-state index is 12.1. The third kappa shape index (κ3) is 2.64. The second-order valence-electron chi connectivity index (χ2n) is 4.97. The van der Waals surface area contributed by atoms with Crippen LogP contribution in [0.25, 0.3) is 0 Å². The van der Waals surface area contributed by atoms with Crippen molar-refractivity contribution in [3.63, 3.8) is 0 Å². The zero-order valence-corrected chi connectivity index (χ0v) is 12.4. The van der Waals surface area contributed by atoms with Crippen LogP contribution in [0.3, 0.4) is 0 Å². The maximum Gasteiger partial charge on any atom is 0.228 e. The van der Waals surface area contributed by atoms with Gasteiger partial charge in [-0.25, -0.2) is 0 Å². The summed E-state index contributed by atoms with van der Waals surface area (Å²) in [6, 6.07) is 8.51. The molecule has 2 atom stereocenters. The minimum atomic E-state index is 0.0791. The van der Waals surface area contributed by atoms with E-state index in [0.29, 0.717) is 5.92 Å². The van der Waals surface area contributed by atoms with E-state index in [1.165, 1.54) is 11.1 Å². The second kappa shape index (κ2) is 5.38. The molecule has 0 heterocycles. The van der Waals surface area contributed by atoms with Gasteiger partial charge in [0.15, 0.2) is 0 Å². The second-order valence-corrected chi connectivity index (χ2v) is 5.85. The first kappa shape index (κ1) is 12.9. The molecule has 1 aromatic carbocycles. The molecule has 1 amide bonds. The number of hydrogen-bond donors (Lipinski definition) is 1. The van der Waals surface area contributed by atoms with E-state index < -0.39 is 0 Å². The fourth-order valence-corrected chi connectivity index (χ4v) is 3.40. The topological polar surface area (TPSA) is 29.1 Å². The Morgan fingerprint density at radius 3 is 2.76 bits per heavy atom. The first-order valence-corrected chi connectivity index (χ1v) is 7.60. The molecule has 0 bridgehead atoms. The molecule has 2 nitrogen and oxygen atoms in total. The van der Waals surface area contributed by atoms with Crippen LogP contribution in [-0.2, 0) is 11.2 Å². The number of nitrogens with one attached hydrogen (secondary N) is 1. The van der Waals surface area contributed by atoms with Crippen molar-refractivity contribution in [1.82, 2.24) is 5.32 Å². The highest BCUT2D eigenvalue weighted by Gasteiger charge is 2.32. The molecule has 0 aromatic heterocycles. The van der Waals surface area contributed by atoms with E-state index in [2.05, 4.69) is 53.9 Å². The molecule has 3 heteroatoms. The van der Waals surface area contributed by atoms with E-state index in [0.717, 1.165) is 10.8 Å². The molecule has 0 saturated heterocycles. The highest BCUT2D eigenvalue weighted by atomic mass is 127. The van der Waals surface area contributed by atoms with Gasteiger partial charge < -0.3 is 5.32 Å². The van der Waals surface area contributed by atoms with Gasteiger partial charge >= 0.3 is 0 Å². The van der Waals surface area contributed by atoms with Gasteiger partial charge in [-0.15, -0.1) is 0 Å². The highest BCUT2D eigenvalue weighted by molar-refractivity contribution is 14.1. The van der Waals surface area contributed by atoms with Crippen LogP contribution in [0.1, 0.15) is 30.9 Å². The molecule has 17 heavy (non-hydrogen) atoms. The van der Waals surface area contributed by atoms with Gasteiger partial charge in [0, 0.05) is 10.5 Å². The molecule has 0 fully saturated rings. The van der Waals surface area contributed by atoms with Crippen LogP contribution in [-0.4, -0.2) is 16.4 Å². The number of alkyl halides is 1. The summed E-state index contributed by atoms with van der Waals surface area (Å²) in [5.41, 5.74) is 2.53. The number of fused-ring (bicyclic) bond motifs is 1.